The predicted molar refractivity (Wildman–Crippen MR) is 569 cm³/mol. The van der Waals surface area contributed by atoms with E-state index in [0.29, 0.717) is 121 Å². The molecule has 684 valence electrons. The first-order chi connectivity index (χ1) is 61.2. The number of carbonyl (C=O) groups excluding carboxylic acids is 2. The predicted octanol–water partition coefficient (Wildman–Crippen LogP) is 27.9. The molecule has 35 heteroatoms. The van der Waals surface area contributed by atoms with Gasteiger partial charge in [-0.05, 0) is 254 Å². The quantitative estimate of drug-likeness (QED) is 0.00964. The van der Waals surface area contributed by atoms with Gasteiger partial charge in [-0.2, -0.15) is 26.3 Å². The van der Waals surface area contributed by atoms with E-state index in [9.17, 15) is 20.1 Å². The summed E-state index contributed by atoms with van der Waals surface area (Å²) in [4.78, 5) is 28.4. The SMILES string of the molecule is CCOC(CN/C(=C/C#N)c1cc(Cl)ccc1C)OCC.COC(=O)c1cc(Cl)ccc1C.Cc1ccc(Cl)cc1-c1[nH]c(Br)cc1C#N.Cc1ccc(Cl)cc1-c1[nH]ccc1C#N.Cc1ccc(Cl)cc1-c1c(C#N)cc(Br)n1COCC[Si](C)(C)C.Cc1ccc(Cl)cc1-c1c(C#N)ccn1COCC[Si](C)(C)C.Cc1ccc(Cl)cc1C(=O)OC#N.II.I[I-]I. The van der Waals surface area contributed by atoms with Crippen molar-refractivity contribution in [3.8, 4) is 81.6 Å². The Morgan fingerprint density at radius 1 is 0.504 bits per heavy atom. The Labute approximate surface area is 865 Å². The van der Waals surface area contributed by atoms with E-state index in [1.54, 1.807) is 55.6 Å². The maximum atomic E-state index is 11.1. The summed E-state index contributed by atoms with van der Waals surface area (Å²) in [5, 5.41) is 61.4. The van der Waals surface area contributed by atoms with Gasteiger partial charge in [-0.25, -0.2) is 9.59 Å². The monoisotopic (exact) mass is 2600 g/mol. The average Bonchev–Trinajstić information content (AvgIpc) is 1.64. The van der Waals surface area contributed by atoms with Gasteiger partial charge in [-0.1, -0.05) is 163 Å². The number of benzene rings is 7. The number of carbonyl (C=O) groups is 2. The molecule has 0 amide bonds. The molecular formula is C94H98Br2Cl7I5N11O8Si2-. The number of H-pyrrole nitrogens is 2. The van der Waals surface area contributed by atoms with Crippen LogP contribution in [0.2, 0.25) is 86.5 Å². The summed E-state index contributed by atoms with van der Waals surface area (Å²) in [7, 11) is -0.866. The molecule has 0 saturated heterocycles. The fraction of sp³-hybridized carbons (Fsp3) is 0.277. The number of nitrogens with zero attached hydrogens (tertiary/aromatic N) is 8. The fourth-order valence-electron chi connectivity index (χ4n) is 11.6. The number of aromatic amines is 2. The third-order valence-corrected chi connectivity index (χ3v) is 24.5. The van der Waals surface area contributed by atoms with E-state index in [1.165, 1.54) is 25.5 Å². The van der Waals surface area contributed by atoms with Gasteiger partial charge in [-0.15, -0.1) is 5.26 Å². The molecule has 4 aromatic heterocycles. The Hall–Kier alpha value is -6.01. The number of allylic oxidation sites excluding steroid dienone is 1. The van der Waals surface area contributed by atoms with Crippen LogP contribution < -0.4 is 18.6 Å². The van der Waals surface area contributed by atoms with Crippen molar-refractivity contribution in [3.05, 3.63) is 292 Å². The van der Waals surface area contributed by atoms with E-state index >= 15 is 0 Å². The van der Waals surface area contributed by atoms with Crippen LogP contribution in [0.25, 0.3) is 50.7 Å². The Bertz CT molecular complexity index is 5820. The summed E-state index contributed by atoms with van der Waals surface area (Å²) in [6.45, 7) is 35.3. The van der Waals surface area contributed by atoms with Gasteiger partial charge in [-0.3, -0.25) is 0 Å². The van der Waals surface area contributed by atoms with Crippen LogP contribution in [0.5, 0.6) is 0 Å². The number of methoxy groups -OCH3 is 1. The number of aryl methyl sites for hydroxylation is 7. The van der Waals surface area contributed by atoms with Gasteiger partial charge in [0, 0.05) is 161 Å². The molecule has 11 rings (SSSR count). The van der Waals surface area contributed by atoms with Gasteiger partial charge in [0.15, 0.2) is 6.29 Å². The van der Waals surface area contributed by atoms with Gasteiger partial charge in [0.2, 0.25) is 0 Å². The topological polar surface area (TPSA) is 286 Å². The van der Waals surface area contributed by atoms with Gasteiger partial charge in [0.05, 0.1) is 90.8 Å². The zero-order valence-electron chi connectivity index (χ0n) is 73.7. The zero-order valence-corrected chi connectivity index (χ0v) is 95.0. The molecule has 4 heterocycles. The van der Waals surface area contributed by atoms with Crippen LogP contribution >= 0.6 is 188 Å². The molecule has 0 saturated carbocycles. The number of nitrogens with one attached hydrogen (secondary N) is 3. The minimum atomic E-state index is -1.12. The molecule has 0 radical (unpaired) electrons. The average molecular weight is 2610 g/mol. The molecule has 19 nitrogen and oxygen atoms in total. The number of hydrogen-bond donors (Lipinski definition) is 3. The second-order valence-electron chi connectivity index (χ2n) is 30.2. The molecule has 0 spiro atoms. The van der Waals surface area contributed by atoms with Crippen LogP contribution in [0.15, 0.2) is 179 Å². The van der Waals surface area contributed by atoms with Gasteiger partial charge in [0.25, 0.3) is 6.26 Å². The number of halogens is 14. The molecule has 0 unspecified atom stereocenters. The number of hydrogen-bond acceptors (Lipinski definition) is 15. The number of aromatic nitrogens is 4. The molecule has 0 aliphatic carbocycles. The van der Waals surface area contributed by atoms with Gasteiger partial charge < -0.3 is 52.8 Å². The third kappa shape index (κ3) is 41.0. The van der Waals surface area contributed by atoms with E-state index in [0.717, 1.165) is 124 Å². The summed E-state index contributed by atoms with van der Waals surface area (Å²) < 4.78 is 37.0. The van der Waals surface area contributed by atoms with Crippen LogP contribution in [0.1, 0.15) is 101 Å². The Morgan fingerprint density at radius 3 is 1.33 bits per heavy atom. The van der Waals surface area contributed by atoms with E-state index in [4.69, 9.17) is 121 Å². The van der Waals surface area contributed by atoms with Gasteiger partial charge in [0.1, 0.15) is 37.7 Å². The van der Waals surface area contributed by atoms with Crippen molar-refractivity contribution >= 4 is 221 Å². The minimum absolute atomic E-state index is 0.314. The fourth-order valence-corrected chi connectivity index (χ4v) is 15.3. The summed E-state index contributed by atoms with van der Waals surface area (Å²) in [5.41, 5.74) is 19.1. The van der Waals surface area contributed by atoms with E-state index in [-0.39, 0.29) is 12.3 Å². The molecule has 3 N–H and O–H groups in total. The maximum absolute atomic E-state index is 11.1. The first kappa shape index (κ1) is 117. The zero-order chi connectivity index (χ0) is 96.8. The Kier molecular flexibility index (Phi) is 56.1. The van der Waals surface area contributed by atoms with E-state index in [1.807, 2.05) is 174 Å². The number of nitriles is 6. The number of ether oxygens (including phenoxy) is 6. The molecule has 129 heavy (non-hydrogen) atoms. The Morgan fingerprint density at radius 2 is 0.899 bits per heavy atom. The first-order valence-corrected chi connectivity index (χ1v) is 69.7. The van der Waals surface area contributed by atoms with E-state index in [2.05, 4.69) is 201 Å². The number of esters is 2. The van der Waals surface area contributed by atoms with Crippen LogP contribution in [0.4, 0.5) is 0 Å². The normalized spacial score (nSPS) is 10.5. The van der Waals surface area contributed by atoms with Crippen molar-refractivity contribution in [2.45, 2.75) is 133 Å². The number of rotatable bonds is 24. The molecule has 0 aliphatic heterocycles. The summed E-state index contributed by atoms with van der Waals surface area (Å²) in [6.07, 6.45) is 6.10. The summed E-state index contributed by atoms with van der Waals surface area (Å²) >= 11 is 58.0. The molecule has 0 aliphatic rings. The standard InChI is InChI=1S/C18H22BrClN2OSi.C18H23ClN2OSi.C16H21ClN2O2.C12H8BrClN2.C12H9ClN2.C9H6ClNO2.C9H9ClO2.I3.I2/c1-13-5-6-15(20)10-16(13)18-14(11-21)9-17(19)22(18)12-23-7-8-24(2,3)4;1-14-5-6-16(19)11-17(14)18-15(12-20)7-8-21(18)13-22-9-10-23(2,3)4;1-4-20-16(21-5-2)11-19-15(8-9-18)14-10-13(17)7-6-12(14)3;1-7-2-3-9(14)5-10(7)12-8(6-15)4-11(13)16-12;1-8-2-3-10(13)6-11(8)12-9(7-14)4-5-15-12;1-6-2-3-7(10)4-8(6)9(12)13-5-11;1-6-3-4-7(10)5-8(6)9(11)12-2;1-3-2;1-2/h5-6,9-10H,7-8,12H2,1-4H3;5-8,11H,9-10,13H2,1-4H3;6-8,10,16,19H,4-5,11H2,1-3H3;2-5,16H,1H3;2-6,15H,1H3;2-4H,1H3;3-5H,1-2H3;;/q;;;;;;;-1;/b;;15-8+;;;;;;. The van der Waals surface area contributed by atoms with Crippen LogP contribution in [0.3, 0.4) is 0 Å². The van der Waals surface area contributed by atoms with Crippen molar-refractivity contribution in [1.82, 2.24) is 24.4 Å². The molecule has 0 bridgehead atoms. The van der Waals surface area contributed by atoms with Crippen molar-refractivity contribution in [3.63, 3.8) is 0 Å². The van der Waals surface area contributed by atoms with Crippen molar-refractivity contribution in [2.24, 2.45) is 0 Å². The molecule has 7 aromatic carbocycles. The van der Waals surface area contributed by atoms with Crippen molar-refractivity contribution < 1.29 is 51.3 Å². The Balaban J connectivity index is 0.000000389. The third-order valence-electron chi connectivity index (χ3n) is 18.3. The molecule has 0 atom stereocenters. The van der Waals surface area contributed by atoms with E-state index < -0.39 is 22.1 Å². The molecule has 11 aromatic rings. The first-order valence-electron chi connectivity index (χ1n) is 39.2. The van der Waals surface area contributed by atoms with Gasteiger partial charge >= 0.3 is 62.4 Å². The van der Waals surface area contributed by atoms with Crippen molar-refractivity contribution in [1.29, 1.82) is 31.6 Å². The van der Waals surface area contributed by atoms with Crippen LogP contribution in [-0.4, -0.2) is 93.6 Å². The summed E-state index contributed by atoms with van der Waals surface area (Å²) in [6, 6.07) is 58.6. The van der Waals surface area contributed by atoms with Crippen molar-refractivity contribution in [2.75, 3.05) is 40.1 Å². The molecule has 0 fully saturated rings. The van der Waals surface area contributed by atoms with Crippen LogP contribution in [-0.2, 0) is 41.9 Å². The summed E-state index contributed by atoms with van der Waals surface area (Å²) in [5.74, 6) is -1.03. The molecular weight excluding hydrogens is 2510 g/mol. The second-order valence-corrected chi connectivity index (χ2v) is 62.4. The second kappa shape index (κ2) is 61.8. The van der Waals surface area contributed by atoms with Crippen LogP contribution in [0, 0.1) is 117 Å².